The van der Waals surface area contributed by atoms with E-state index in [0.717, 1.165) is 6.07 Å². The molecule has 0 atom stereocenters. The van der Waals surface area contributed by atoms with E-state index >= 15 is 0 Å². The van der Waals surface area contributed by atoms with Crippen LogP contribution in [-0.4, -0.2) is 16.7 Å². The van der Waals surface area contributed by atoms with E-state index in [1.807, 2.05) is 5.32 Å². The third-order valence-electron chi connectivity index (χ3n) is 1.69. The summed E-state index contributed by atoms with van der Waals surface area (Å²) in [5, 5.41) is 12.6. The molecule has 0 bridgehead atoms. The summed E-state index contributed by atoms with van der Waals surface area (Å²) in [6.45, 7) is 1.19. The maximum Gasteiger partial charge on any atom is 0.284 e. The van der Waals surface area contributed by atoms with E-state index in [2.05, 4.69) is 15.9 Å². The van der Waals surface area contributed by atoms with Crippen LogP contribution in [0.15, 0.2) is 22.7 Å². The average molecular weight is 287 g/mol. The standard InChI is InChI=1S/C9H7BrN2O4/c1-5(13)11-9(14)6-2-3-7(10)8(4-6)12(15)16/h2-4H,1H3,(H,11,13,14). The van der Waals surface area contributed by atoms with Crippen molar-refractivity contribution in [3.05, 3.63) is 38.3 Å². The number of nitro groups is 1. The number of rotatable bonds is 2. The van der Waals surface area contributed by atoms with Crippen LogP contribution >= 0.6 is 15.9 Å². The first-order valence-corrected chi connectivity index (χ1v) is 4.97. The van der Waals surface area contributed by atoms with Gasteiger partial charge in [0.1, 0.15) is 0 Å². The summed E-state index contributed by atoms with van der Waals surface area (Å²) in [6.07, 6.45) is 0. The van der Waals surface area contributed by atoms with Crippen LogP contribution in [0, 0.1) is 10.1 Å². The Labute approximate surface area is 98.9 Å². The summed E-state index contributed by atoms with van der Waals surface area (Å²) in [7, 11) is 0. The molecule has 0 saturated heterocycles. The van der Waals surface area contributed by atoms with Crippen molar-refractivity contribution in [1.29, 1.82) is 0 Å². The van der Waals surface area contributed by atoms with Gasteiger partial charge in [-0.25, -0.2) is 0 Å². The van der Waals surface area contributed by atoms with Crippen LogP contribution in [0.5, 0.6) is 0 Å². The van der Waals surface area contributed by atoms with Gasteiger partial charge in [0.25, 0.3) is 11.6 Å². The predicted octanol–water partition coefficient (Wildman–Crippen LogP) is 1.63. The van der Waals surface area contributed by atoms with E-state index in [1.54, 1.807) is 0 Å². The maximum absolute atomic E-state index is 11.4. The van der Waals surface area contributed by atoms with Gasteiger partial charge in [-0.2, -0.15) is 0 Å². The molecule has 16 heavy (non-hydrogen) atoms. The summed E-state index contributed by atoms with van der Waals surface area (Å²) in [4.78, 5) is 32.0. The smallest absolute Gasteiger partial charge is 0.284 e. The average Bonchev–Trinajstić information content (AvgIpc) is 2.16. The van der Waals surface area contributed by atoms with E-state index in [9.17, 15) is 19.7 Å². The molecule has 0 saturated carbocycles. The third kappa shape index (κ3) is 2.86. The van der Waals surface area contributed by atoms with Gasteiger partial charge >= 0.3 is 0 Å². The van der Waals surface area contributed by atoms with Crippen molar-refractivity contribution in [2.24, 2.45) is 0 Å². The van der Waals surface area contributed by atoms with Gasteiger partial charge in [-0.1, -0.05) is 0 Å². The number of hydrogen-bond donors (Lipinski definition) is 1. The number of carbonyl (C=O) groups excluding carboxylic acids is 2. The molecule has 1 rings (SSSR count). The highest BCUT2D eigenvalue weighted by Gasteiger charge is 2.16. The molecule has 84 valence electrons. The van der Waals surface area contributed by atoms with E-state index in [4.69, 9.17) is 0 Å². The summed E-state index contributed by atoms with van der Waals surface area (Å²) in [5.41, 5.74) is -0.165. The monoisotopic (exact) mass is 286 g/mol. The fraction of sp³-hybridized carbons (Fsp3) is 0.111. The topological polar surface area (TPSA) is 89.3 Å². The zero-order chi connectivity index (χ0) is 12.3. The van der Waals surface area contributed by atoms with Crippen molar-refractivity contribution in [3.63, 3.8) is 0 Å². The Balaban J connectivity index is 3.08. The Bertz CT molecular complexity index is 473. The molecular weight excluding hydrogens is 280 g/mol. The minimum Gasteiger partial charge on any atom is -0.293 e. The number of amides is 2. The zero-order valence-corrected chi connectivity index (χ0v) is 9.78. The quantitative estimate of drug-likeness (QED) is 0.661. The predicted molar refractivity (Wildman–Crippen MR) is 58.9 cm³/mol. The molecule has 0 aliphatic heterocycles. The van der Waals surface area contributed by atoms with Crippen molar-refractivity contribution in [2.45, 2.75) is 6.92 Å². The lowest BCUT2D eigenvalue weighted by atomic mass is 10.2. The van der Waals surface area contributed by atoms with Crippen LogP contribution in [0.4, 0.5) is 5.69 Å². The summed E-state index contributed by atoms with van der Waals surface area (Å²) < 4.78 is 0.275. The number of nitro benzene ring substituents is 1. The molecule has 1 aromatic rings. The summed E-state index contributed by atoms with van der Waals surface area (Å²) in [5.74, 6) is -1.18. The van der Waals surface area contributed by atoms with Crippen LogP contribution in [-0.2, 0) is 4.79 Å². The van der Waals surface area contributed by atoms with E-state index in [0.29, 0.717) is 0 Å². The van der Waals surface area contributed by atoms with Gasteiger partial charge in [-0.3, -0.25) is 25.0 Å². The van der Waals surface area contributed by atoms with Gasteiger partial charge in [-0.05, 0) is 28.1 Å². The molecule has 1 N–H and O–H groups in total. The first kappa shape index (κ1) is 12.3. The second-order valence-electron chi connectivity index (χ2n) is 2.93. The van der Waals surface area contributed by atoms with Crippen LogP contribution in [0.3, 0.4) is 0 Å². The Morgan fingerprint density at radius 3 is 2.56 bits per heavy atom. The second-order valence-corrected chi connectivity index (χ2v) is 3.79. The zero-order valence-electron chi connectivity index (χ0n) is 8.19. The fourth-order valence-electron chi connectivity index (χ4n) is 1.03. The van der Waals surface area contributed by atoms with Gasteiger partial charge in [0.2, 0.25) is 5.91 Å². The molecule has 0 aliphatic carbocycles. The highest BCUT2D eigenvalue weighted by Crippen LogP contribution is 2.25. The van der Waals surface area contributed by atoms with E-state index in [-0.39, 0.29) is 15.7 Å². The molecule has 0 heterocycles. The molecule has 0 aliphatic rings. The first-order valence-electron chi connectivity index (χ1n) is 4.17. The Morgan fingerprint density at radius 1 is 1.44 bits per heavy atom. The highest BCUT2D eigenvalue weighted by atomic mass is 79.9. The molecule has 6 nitrogen and oxygen atoms in total. The van der Waals surface area contributed by atoms with Crippen molar-refractivity contribution in [3.8, 4) is 0 Å². The van der Waals surface area contributed by atoms with E-state index < -0.39 is 16.7 Å². The normalized spacial score (nSPS) is 9.62. The van der Waals surface area contributed by atoms with Crippen LogP contribution in [0.2, 0.25) is 0 Å². The number of benzene rings is 1. The number of halogens is 1. The minimum absolute atomic E-state index is 0.0603. The van der Waals surface area contributed by atoms with Gasteiger partial charge < -0.3 is 0 Å². The lowest BCUT2D eigenvalue weighted by Gasteiger charge is -2.01. The fourth-order valence-corrected chi connectivity index (χ4v) is 1.42. The number of nitrogens with zero attached hydrogens (tertiary/aromatic N) is 1. The van der Waals surface area contributed by atoms with Gasteiger partial charge in [0.05, 0.1) is 9.40 Å². The van der Waals surface area contributed by atoms with Crippen molar-refractivity contribution >= 4 is 33.4 Å². The molecule has 1 aromatic carbocycles. The molecule has 7 heteroatoms. The lowest BCUT2D eigenvalue weighted by Crippen LogP contribution is -2.27. The van der Waals surface area contributed by atoms with Crippen molar-refractivity contribution in [1.82, 2.24) is 5.32 Å². The highest BCUT2D eigenvalue weighted by molar-refractivity contribution is 9.10. The molecule has 0 aromatic heterocycles. The van der Waals surface area contributed by atoms with Crippen LogP contribution < -0.4 is 5.32 Å². The number of nitrogens with one attached hydrogen (secondary N) is 1. The number of hydrogen-bond acceptors (Lipinski definition) is 4. The number of imide groups is 1. The molecule has 2 amide bonds. The Morgan fingerprint density at radius 2 is 2.06 bits per heavy atom. The molecule has 0 spiro atoms. The van der Waals surface area contributed by atoms with Gasteiger partial charge in [-0.15, -0.1) is 0 Å². The van der Waals surface area contributed by atoms with Crippen LogP contribution in [0.1, 0.15) is 17.3 Å². The lowest BCUT2D eigenvalue weighted by molar-refractivity contribution is -0.385. The van der Waals surface area contributed by atoms with Crippen molar-refractivity contribution in [2.75, 3.05) is 0 Å². The Kier molecular flexibility index (Phi) is 3.73. The maximum atomic E-state index is 11.4. The van der Waals surface area contributed by atoms with Gasteiger partial charge in [0.15, 0.2) is 0 Å². The molecular formula is C9H7BrN2O4. The van der Waals surface area contributed by atoms with Crippen molar-refractivity contribution < 1.29 is 14.5 Å². The first-order chi connectivity index (χ1) is 7.41. The van der Waals surface area contributed by atoms with Crippen LogP contribution in [0.25, 0.3) is 0 Å². The largest absolute Gasteiger partial charge is 0.293 e. The second kappa shape index (κ2) is 4.84. The third-order valence-corrected chi connectivity index (χ3v) is 2.37. The molecule has 0 fully saturated rings. The summed E-state index contributed by atoms with van der Waals surface area (Å²) >= 11 is 2.99. The molecule has 0 radical (unpaired) electrons. The molecule has 0 unspecified atom stereocenters. The Hall–Kier alpha value is -1.76. The summed E-state index contributed by atoms with van der Waals surface area (Å²) in [6, 6.07) is 3.87. The number of carbonyl (C=O) groups is 2. The minimum atomic E-state index is -0.664. The van der Waals surface area contributed by atoms with E-state index in [1.165, 1.54) is 19.1 Å². The SMILES string of the molecule is CC(=O)NC(=O)c1ccc(Br)c([N+](=O)[O-])c1. The van der Waals surface area contributed by atoms with Gasteiger partial charge in [0, 0.05) is 18.6 Å².